The largest absolute Gasteiger partial charge is 0.366 e. The van der Waals surface area contributed by atoms with Crippen LogP contribution in [0.15, 0.2) is 66.7 Å². The summed E-state index contributed by atoms with van der Waals surface area (Å²) in [6, 6.07) is 19.9. The van der Waals surface area contributed by atoms with Crippen molar-refractivity contribution in [3.05, 3.63) is 72.5 Å². The second kappa shape index (κ2) is 7.68. The maximum atomic E-state index is 13.9. The van der Waals surface area contributed by atoms with Crippen molar-refractivity contribution < 1.29 is 14.0 Å². The van der Waals surface area contributed by atoms with E-state index < -0.39 is 11.8 Å². The van der Waals surface area contributed by atoms with E-state index in [-0.39, 0.29) is 5.82 Å². The van der Waals surface area contributed by atoms with Crippen LogP contribution in [0.2, 0.25) is 0 Å². The van der Waals surface area contributed by atoms with Gasteiger partial charge in [-0.25, -0.2) is 4.39 Å². The molecule has 3 aromatic rings. The number of fused-ring (bicyclic) bond motifs is 1. The van der Waals surface area contributed by atoms with E-state index in [0.717, 1.165) is 10.8 Å². The van der Waals surface area contributed by atoms with Crippen LogP contribution in [-0.4, -0.2) is 42.9 Å². The highest BCUT2D eigenvalue weighted by atomic mass is 19.1. The van der Waals surface area contributed by atoms with Gasteiger partial charge in [-0.3, -0.25) is 9.59 Å². The Labute approximate surface area is 162 Å². The van der Waals surface area contributed by atoms with Gasteiger partial charge in [-0.15, -0.1) is 0 Å². The Kier molecular flexibility index (Phi) is 4.93. The number of nitrogens with zero attached hydrogens (tertiary/aromatic N) is 2. The van der Waals surface area contributed by atoms with E-state index in [0.29, 0.717) is 37.6 Å². The molecule has 6 heteroatoms. The first-order chi connectivity index (χ1) is 13.6. The smallest absolute Gasteiger partial charge is 0.313 e. The van der Waals surface area contributed by atoms with Gasteiger partial charge in [0.1, 0.15) is 5.82 Å². The number of carbonyl (C=O) groups excluding carboxylic acids is 2. The van der Waals surface area contributed by atoms with Crippen molar-refractivity contribution >= 4 is 34.0 Å². The van der Waals surface area contributed by atoms with Crippen LogP contribution in [0.3, 0.4) is 0 Å². The van der Waals surface area contributed by atoms with Crippen molar-refractivity contribution in [1.29, 1.82) is 0 Å². The number of nitrogens with one attached hydrogen (secondary N) is 1. The van der Waals surface area contributed by atoms with Gasteiger partial charge < -0.3 is 15.1 Å². The van der Waals surface area contributed by atoms with Gasteiger partial charge in [0.2, 0.25) is 0 Å². The molecule has 0 aromatic heterocycles. The Bertz CT molecular complexity index is 1030. The van der Waals surface area contributed by atoms with E-state index in [9.17, 15) is 14.0 Å². The maximum absolute atomic E-state index is 13.9. The number of rotatable bonds is 2. The fourth-order valence-corrected chi connectivity index (χ4v) is 3.45. The van der Waals surface area contributed by atoms with Gasteiger partial charge in [-0.2, -0.15) is 0 Å². The lowest BCUT2D eigenvalue weighted by molar-refractivity contribution is -0.143. The van der Waals surface area contributed by atoms with Crippen LogP contribution in [0.1, 0.15) is 0 Å². The van der Waals surface area contributed by atoms with Crippen LogP contribution >= 0.6 is 0 Å². The summed E-state index contributed by atoms with van der Waals surface area (Å²) in [5, 5.41) is 4.74. The molecule has 0 spiro atoms. The normalized spacial score (nSPS) is 14.2. The lowest BCUT2D eigenvalue weighted by Crippen LogP contribution is -2.51. The summed E-state index contributed by atoms with van der Waals surface area (Å²) in [7, 11) is 0. The standard InChI is InChI=1S/C22H20FN3O2/c23-19-7-3-4-8-20(19)25-11-13-26(14-12-25)22(28)21(27)24-18-10-9-16-5-1-2-6-17(16)15-18/h1-10,15H,11-14H2,(H,24,27). The third-order valence-electron chi connectivity index (χ3n) is 4.96. The average Bonchev–Trinajstić information content (AvgIpc) is 2.73. The molecule has 0 radical (unpaired) electrons. The van der Waals surface area contributed by atoms with E-state index in [1.54, 1.807) is 24.3 Å². The molecule has 142 valence electrons. The number of benzene rings is 3. The Hall–Kier alpha value is -3.41. The number of piperazine rings is 1. The van der Waals surface area contributed by atoms with E-state index in [1.165, 1.54) is 11.0 Å². The number of amides is 2. The van der Waals surface area contributed by atoms with E-state index in [4.69, 9.17) is 0 Å². The Morgan fingerprint density at radius 1 is 0.821 bits per heavy atom. The molecule has 1 aliphatic rings. The van der Waals surface area contributed by atoms with Crippen molar-refractivity contribution in [2.24, 2.45) is 0 Å². The monoisotopic (exact) mass is 377 g/mol. The second-order valence-corrected chi connectivity index (χ2v) is 6.75. The fraction of sp³-hybridized carbons (Fsp3) is 0.182. The molecule has 28 heavy (non-hydrogen) atoms. The van der Waals surface area contributed by atoms with Crippen molar-refractivity contribution in [3.63, 3.8) is 0 Å². The molecule has 5 nitrogen and oxygen atoms in total. The zero-order valence-corrected chi connectivity index (χ0v) is 15.3. The molecule has 1 saturated heterocycles. The summed E-state index contributed by atoms with van der Waals surface area (Å²) in [4.78, 5) is 28.3. The summed E-state index contributed by atoms with van der Waals surface area (Å²) >= 11 is 0. The number of para-hydroxylation sites is 1. The minimum atomic E-state index is -0.658. The average molecular weight is 377 g/mol. The summed E-state index contributed by atoms with van der Waals surface area (Å²) in [6.45, 7) is 1.71. The molecular formula is C22H20FN3O2. The fourth-order valence-electron chi connectivity index (χ4n) is 3.45. The second-order valence-electron chi connectivity index (χ2n) is 6.75. The first-order valence-corrected chi connectivity index (χ1v) is 9.20. The zero-order valence-electron chi connectivity index (χ0n) is 15.3. The lowest BCUT2D eigenvalue weighted by Gasteiger charge is -2.35. The minimum absolute atomic E-state index is 0.281. The highest BCUT2D eigenvalue weighted by Crippen LogP contribution is 2.21. The summed E-state index contributed by atoms with van der Waals surface area (Å²) in [5.41, 5.74) is 1.11. The molecule has 3 aromatic carbocycles. The molecule has 0 atom stereocenters. The van der Waals surface area contributed by atoms with Crippen LogP contribution < -0.4 is 10.2 Å². The SMILES string of the molecule is O=C(Nc1ccc2ccccc2c1)C(=O)N1CCN(c2ccccc2F)CC1. The molecule has 0 bridgehead atoms. The number of carbonyl (C=O) groups is 2. The van der Waals surface area contributed by atoms with E-state index >= 15 is 0 Å². The first kappa shape index (κ1) is 18.0. The Balaban J connectivity index is 1.38. The molecule has 0 unspecified atom stereocenters. The predicted molar refractivity (Wildman–Crippen MR) is 108 cm³/mol. The zero-order chi connectivity index (χ0) is 19.5. The van der Waals surface area contributed by atoms with Gasteiger partial charge in [0.05, 0.1) is 5.69 Å². The van der Waals surface area contributed by atoms with Crippen LogP contribution in [-0.2, 0) is 9.59 Å². The lowest BCUT2D eigenvalue weighted by atomic mass is 10.1. The molecule has 1 aliphatic heterocycles. The van der Waals surface area contributed by atoms with Crippen LogP contribution in [0.5, 0.6) is 0 Å². The van der Waals surface area contributed by atoms with Crippen molar-refractivity contribution in [1.82, 2.24) is 4.90 Å². The van der Waals surface area contributed by atoms with E-state index in [2.05, 4.69) is 5.32 Å². The van der Waals surface area contributed by atoms with Gasteiger partial charge in [0.15, 0.2) is 0 Å². The van der Waals surface area contributed by atoms with Crippen molar-refractivity contribution in [2.45, 2.75) is 0 Å². The molecular weight excluding hydrogens is 357 g/mol. The Morgan fingerprint density at radius 2 is 1.50 bits per heavy atom. The van der Waals surface area contributed by atoms with Gasteiger partial charge in [0.25, 0.3) is 0 Å². The summed E-state index contributed by atoms with van der Waals surface area (Å²) < 4.78 is 13.9. The van der Waals surface area contributed by atoms with Gasteiger partial charge >= 0.3 is 11.8 Å². The van der Waals surface area contributed by atoms with Gasteiger partial charge in [0, 0.05) is 31.9 Å². The number of hydrogen-bond acceptors (Lipinski definition) is 3. The van der Waals surface area contributed by atoms with E-state index in [1.807, 2.05) is 41.3 Å². The third-order valence-corrected chi connectivity index (χ3v) is 4.96. The molecule has 0 aliphatic carbocycles. The molecule has 1 heterocycles. The molecule has 2 amide bonds. The van der Waals surface area contributed by atoms with Crippen molar-refractivity contribution in [3.8, 4) is 0 Å². The summed E-state index contributed by atoms with van der Waals surface area (Å²) in [6.07, 6.45) is 0. The molecule has 1 fully saturated rings. The first-order valence-electron chi connectivity index (χ1n) is 9.20. The number of anilines is 2. The maximum Gasteiger partial charge on any atom is 0.313 e. The van der Waals surface area contributed by atoms with Gasteiger partial charge in [-0.1, -0.05) is 42.5 Å². The Morgan fingerprint density at radius 3 is 2.25 bits per heavy atom. The number of halogens is 1. The minimum Gasteiger partial charge on any atom is -0.366 e. The van der Waals surface area contributed by atoms with Crippen LogP contribution in [0.4, 0.5) is 15.8 Å². The highest BCUT2D eigenvalue weighted by Gasteiger charge is 2.27. The van der Waals surface area contributed by atoms with Gasteiger partial charge in [-0.05, 0) is 35.0 Å². The number of hydrogen-bond donors (Lipinski definition) is 1. The predicted octanol–water partition coefficient (Wildman–Crippen LogP) is 3.27. The molecule has 1 N–H and O–H groups in total. The topological polar surface area (TPSA) is 52.7 Å². The molecule has 0 saturated carbocycles. The summed E-state index contributed by atoms with van der Waals surface area (Å²) in [5.74, 6) is -1.51. The van der Waals surface area contributed by atoms with Crippen LogP contribution in [0.25, 0.3) is 10.8 Å². The highest BCUT2D eigenvalue weighted by molar-refractivity contribution is 6.39. The third kappa shape index (κ3) is 3.67. The van der Waals surface area contributed by atoms with Crippen molar-refractivity contribution in [2.75, 3.05) is 36.4 Å². The quantitative estimate of drug-likeness (QED) is 0.698. The van der Waals surface area contributed by atoms with Crippen LogP contribution in [0, 0.1) is 5.82 Å². The molecule has 4 rings (SSSR count).